The van der Waals surface area contributed by atoms with Gasteiger partial charge in [0.2, 0.25) is 0 Å². The van der Waals surface area contributed by atoms with Crippen LogP contribution in [0.2, 0.25) is 0 Å². The van der Waals surface area contributed by atoms with Gasteiger partial charge in [-0.05, 0) is 106 Å². The van der Waals surface area contributed by atoms with Crippen LogP contribution in [0.4, 0.5) is 19.2 Å². The molecule has 0 aromatic heterocycles. The smallest absolute Gasteiger partial charge is 0.418 e. The van der Waals surface area contributed by atoms with Gasteiger partial charge in [0.25, 0.3) is 11.8 Å². The van der Waals surface area contributed by atoms with E-state index in [4.69, 9.17) is 23.7 Å². The first-order valence-electron chi connectivity index (χ1n) is 20.2. The molecule has 4 saturated heterocycles. The number of rotatable bonds is 10. The number of urea groups is 2. The third kappa shape index (κ3) is 11.8. The topological polar surface area (TPSA) is 267 Å². The zero-order valence-corrected chi connectivity index (χ0v) is 36.2. The predicted molar refractivity (Wildman–Crippen MR) is 205 cm³/mol. The van der Waals surface area contributed by atoms with E-state index in [1.807, 2.05) is 20.8 Å². The van der Waals surface area contributed by atoms with Gasteiger partial charge in [0.15, 0.2) is 0 Å². The van der Waals surface area contributed by atoms with Crippen LogP contribution < -0.4 is 11.0 Å². The zero-order chi connectivity index (χ0) is 44.5. The molecule has 4 aliphatic heterocycles. The number of hydrogen-bond donors (Lipinski definition) is 4. The number of piperidine rings is 2. The molecule has 0 aromatic rings. The molecular formula is C36H60N8O15S. The molecule has 4 unspecified atom stereocenters. The van der Waals surface area contributed by atoms with E-state index in [0.717, 1.165) is 6.42 Å². The summed E-state index contributed by atoms with van der Waals surface area (Å²) in [5, 5.41) is 11.0. The fourth-order valence-electron chi connectivity index (χ4n) is 8.16. The molecule has 4 heterocycles. The number of nitrogens with one attached hydrogen (secondary N) is 2. The fourth-order valence-corrected chi connectivity index (χ4v) is 8.55. The van der Waals surface area contributed by atoms with Gasteiger partial charge in [0.1, 0.15) is 23.3 Å². The SMILES string of the molecule is CN(C(=O)OC(C)(C)C)C1CCC(ONC(=O)[C@@H]2CC[C@@H]3CN2C(=O)N3O)C1.CN(C(=O)OC(C)(C)C)C1CCC(ONC(=O)[C@@H]2CC[C@@H]3CN2C(=O)N3OS(=O)(=O)O)C1. The number of hydroxylamine groups is 6. The second-order valence-electron chi connectivity index (χ2n) is 18.1. The van der Waals surface area contributed by atoms with Crippen molar-refractivity contribution in [1.29, 1.82) is 0 Å². The van der Waals surface area contributed by atoms with Gasteiger partial charge < -0.3 is 29.1 Å². The zero-order valence-electron chi connectivity index (χ0n) is 35.4. The number of hydrogen-bond acceptors (Lipinski definition) is 14. The Morgan fingerprint density at radius 3 is 1.52 bits per heavy atom. The van der Waals surface area contributed by atoms with Gasteiger partial charge in [-0.1, -0.05) is 0 Å². The molecule has 340 valence electrons. The van der Waals surface area contributed by atoms with Crippen molar-refractivity contribution in [2.24, 2.45) is 0 Å². The molecule has 4 N–H and O–H groups in total. The van der Waals surface area contributed by atoms with Crippen LogP contribution in [0.15, 0.2) is 0 Å². The first-order valence-corrected chi connectivity index (χ1v) is 21.6. The first-order chi connectivity index (χ1) is 27.8. The Kier molecular flexibility index (Phi) is 14.4. The Morgan fingerprint density at radius 1 is 0.667 bits per heavy atom. The third-order valence-electron chi connectivity index (χ3n) is 11.3. The molecule has 0 aromatic carbocycles. The van der Waals surface area contributed by atoms with Crippen LogP contribution in [0.1, 0.15) is 106 Å². The highest BCUT2D eigenvalue weighted by atomic mass is 32.3. The minimum atomic E-state index is -4.85. The summed E-state index contributed by atoms with van der Waals surface area (Å²) in [6.45, 7) is 11.3. The molecule has 23 nitrogen and oxygen atoms in total. The summed E-state index contributed by atoms with van der Waals surface area (Å²) < 4.78 is 45.9. The van der Waals surface area contributed by atoms with E-state index in [2.05, 4.69) is 15.2 Å². The van der Waals surface area contributed by atoms with Crippen LogP contribution in [0.5, 0.6) is 0 Å². The summed E-state index contributed by atoms with van der Waals surface area (Å²) in [6, 6.07) is -3.76. The lowest BCUT2D eigenvalue weighted by Crippen LogP contribution is -2.50. The number of fused-ring (bicyclic) bond motifs is 4. The highest BCUT2D eigenvalue weighted by Crippen LogP contribution is 2.33. The normalized spacial score (nSPS) is 28.9. The van der Waals surface area contributed by atoms with Gasteiger partial charge in [-0.3, -0.25) is 29.0 Å². The van der Waals surface area contributed by atoms with E-state index in [1.54, 1.807) is 39.8 Å². The van der Waals surface area contributed by atoms with E-state index < -0.39 is 63.8 Å². The van der Waals surface area contributed by atoms with Crippen molar-refractivity contribution in [2.75, 3.05) is 27.2 Å². The van der Waals surface area contributed by atoms with Crippen molar-refractivity contribution in [2.45, 2.75) is 165 Å². The van der Waals surface area contributed by atoms with Crippen molar-refractivity contribution < 1.29 is 70.4 Å². The average molecular weight is 877 g/mol. The predicted octanol–water partition coefficient (Wildman–Crippen LogP) is 2.31. The molecule has 2 aliphatic carbocycles. The molecule has 6 aliphatic rings. The van der Waals surface area contributed by atoms with Gasteiger partial charge in [0, 0.05) is 39.3 Å². The summed E-state index contributed by atoms with van der Waals surface area (Å²) in [7, 11) is -1.48. The van der Waals surface area contributed by atoms with Crippen LogP contribution in [0.3, 0.4) is 0 Å². The van der Waals surface area contributed by atoms with Gasteiger partial charge in [-0.25, -0.2) is 35.2 Å². The summed E-state index contributed by atoms with van der Waals surface area (Å²) in [6.07, 6.45) is 4.23. The number of carbonyl (C=O) groups excluding carboxylic acids is 6. The summed E-state index contributed by atoms with van der Waals surface area (Å²) >= 11 is 0. The van der Waals surface area contributed by atoms with Crippen LogP contribution in [-0.2, 0) is 43.4 Å². The lowest BCUT2D eigenvalue weighted by atomic mass is 10.0. The van der Waals surface area contributed by atoms with E-state index in [0.29, 0.717) is 68.0 Å². The van der Waals surface area contributed by atoms with Crippen LogP contribution >= 0.6 is 0 Å². The largest absolute Gasteiger partial charge is 0.444 e. The van der Waals surface area contributed by atoms with Gasteiger partial charge in [0.05, 0.1) is 24.3 Å². The Balaban J connectivity index is 0.000000230. The quantitative estimate of drug-likeness (QED) is 0.139. The highest BCUT2D eigenvalue weighted by Gasteiger charge is 2.50. The number of amides is 8. The molecule has 60 heavy (non-hydrogen) atoms. The van der Waals surface area contributed by atoms with E-state index >= 15 is 0 Å². The molecule has 0 radical (unpaired) electrons. The van der Waals surface area contributed by atoms with E-state index in [-0.39, 0.29) is 55.3 Å². The third-order valence-corrected chi connectivity index (χ3v) is 11.6. The fraction of sp³-hybridized carbons (Fsp3) is 0.833. The maximum absolute atomic E-state index is 12.6. The van der Waals surface area contributed by atoms with E-state index in [1.165, 1.54) is 14.7 Å². The van der Waals surface area contributed by atoms with Crippen molar-refractivity contribution in [3.8, 4) is 0 Å². The Morgan fingerprint density at radius 2 is 1.08 bits per heavy atom. The van der Waals surface area contributed by atoms with Gasteiger partial charge in [-0.15, -0.1) is 4.28 Å². The van der Waals surface area contributed by atoms with Crippen LogP contribution in [0, 0.1) is 0 Å². The Labute approximate surface area is 349 Å². The molecule has 24 heteroatoms. The lowest BCUT2D eigenvalue weighted by molar-refractivity contribution is -0.144. The monoisotopic (exact) mass is 876 g/mol. The molecular weight excluding hydrogens is 817 g/mol. The minimum Gasteiger partial charge on any atom is -0.444 e. The summed E-state index contributed by atoms with van der Waals surface area (Å²) in [5.74, 6) is -0.916. The van der Waals surface area contributed by atoms with Crippen LogP contribution in [-0.4, -0.2) is 171 Å². The Hall–Kier alpha value is -4.23. The van der Waals surface area contributed by atoms with Gasteiger partial charge >= 0.3 is 34.6 Å². The maximum atomic E-state index is 12.6. The maximum Gasteiger partial charge on any atom is 0.418 e. The molecule has 6 rings (SSSR count). The molecule has 8 amide bonds. The minimum absolute atomic E-state index is 0.0182. The van der Waals surface area contributed by atoms with Crippen LogP contribution in [0.25, 0.3) is 0 Å². The second-order valence-corrected chi connectivity index (χ2v) is 19.1. The standard InChI is InChI=1S/C18H30N4O9S.C18H30N4O6/c1-18(2,3)29-17(25)20(4)11-5-7-13(9-11)30-19-15(23)14-8-6-12-10-21(14)16(24)22(12)31-32(26,27)28;1-18(2,3)27-17(25)20(4)11-5-7-13(9-11)28-19-15(23)14-8-6-12-10-21(14)16(24)22(12)26/h11-14H,5-10H2,1-4H3,(H,19,23)(H,26,27,28);11-14,26H,5-10H2,1-4H3,(H,19,23)/t2*11?,12-,13?,14+/m11/s1. The molecule has 2 saturated carbocycles. The van der Waals surface area contributed by atoms with Crippen molar-refractivity contribution >= 4 is 46.5 Å². The molecule has 8 atom stereocenters. The van der Waals surface area contributed by atoms with Crippen molar-refractivity contribution in [1.82, 2.24) is 40.7 Å². The Bertz CT molecular complexity index is 1740. The molecule has 0 spiro atoms. The molecule has 4 bridgehead atoms. The second kappa shape index (κ2) is 18.4. The number of carbonyl (C=O) groups is 6. The summed E-state index contributed by atoms with van der Waals surface area (Å²) in [5.41, 5.74) is 3.72. The van der Waals surface area contributed by atoms with E-state index in [9.17, 15) is 42.4 Å². The molecule has 6 fully saturated rings. The van der Waals surface area contributed by atoms with Crippen molar-refractivity contribution in [3.63, 3.8) is 0 Å². The number of nitrogens with zero attached hydrogens (tertiary/aromatic N) is 6. The average Bonchev–Trinajstić information content (AvgIpc) is 3.93. The van der Waals surface area contributed by atoms with Crippen molar-refractivity contribution in [3.05, 3.63) is 0 Å². The van der Waals surface area contributed by atoms with Gasteiger partial charge in [-0.2, -0.15) is 13.5 Å². The highest BCUT2D eigenvalue weighted by molar-refractivity contribution is 7.80. The summed E-state index contributed by atoms with van der Waals surface area (Å²) in [4.78, 5) is 90.6. The number of ether oxygens (including phenoxy) is 2. The first kappa shape index (κ1) is 46.8. The lowest BCUT2D eigenvalue weighted by Gasteiger charge is -2.29.